The van der Waals surface area contributed by atoms with Gasteiger partial charge in [0.05, 0.1) is 6.04 Å². The van der Waals surface area contributed by atoms with E-state index in [0.717, 1.165) is 15.8 Å². The number of hydrogen-bond acceptors (Lipinski definition) is 4. The molecule has 2 fully saturated rings. The van der Waals surface area contributed by atoms with Crippen molar-refractivity contribution >= 4 is 11.9 Å². The molecule has 1 N–H and O–H groups in total. The van der Waals surface area contributed by atoms with Crippen molar-refractivity contribution in [1.82, 2.24) is 29.5 Å². The van der Waals surface area contributed by atoms with Crippen LogP contribution in [0.15, 0.2) is 29.1 Å². The van der Waals surface area contributed by atoms with Crippen molar-refractivity contribution in [3.05, 3.63) is 51.7 Å². The van der Waals surface area contributed by atoms with Crippen LogP contribution < -0.4 is 5.69 Å². The van der Waals surface area contributed by atoms with Crippen LogP contribution in [0.1, 0.15) is 27.8 Å². The minimum absolute atomic E-state index is 0.0143. The summed E-state index contributed by atoms with van der Waals surface area (Å²) < 4.78 is 1.12. The molecule has 9 heteroatoms. The quantitative estimate of drug-likeness (QED) is 0.811. The summed E-state index contributed by atoms with van der Waals surface area (Å²) in [6.45, 7) is 3.72. The van der Waals surface area contributed by atoms with Crippen molar-refractivity contribution in [2.75, 3.05) is 33.7 Å². The van der Waals surface area contributed by atoms with Crippen molar-refractivity contribution in [3.63, 3.8) is 0 Å². The Balaban J connectivity index is 1.63. The zero-order valence-corrected chi connectivity index (χ0v) is 17.1. The Morgan fingerprint density at radius 1 is 1.17 bits per heavy atom. The fourth-order valence-electron chi connectivity index (χ4n) is 4.63. The molecule has 0 radical (unpaired) electrons. The van der Waals surface area contributed by atoms with Crippen LogP contribution in [0.2, 0.25) is 0 Å². The first-order valence-electron chi connectivity index (χ1n) is 9.74. The van der Waals surface area contributed by atoms with Crippen LogP contribution in [0.25, 0.3) is 0 Å². The summed E-state index contributed by atoms with van der Waals surface area (Å²) in [5.41, 5.74) is 1.84. The number of H-pyrrole nitrogens is 1. The highest BCUT2D eigenvalue weighted by atomic mass is 16.2. The van der Waals surface area contributed by atoms with Gasteiger partial charge in [0.15, 0.2) is 0 Å². The summed E-state index contributed by atoms with van der Waals surface area (Å²) in [5.74, 6) is 0.111. The number of nitrogens with zero attached hydrogens (tertiary/aromatic N) is 5. The first-order valence-corrected chi connectivity index (χ1v) is 9.74. The van der Waals surface area contributed by atoms with Crippen molar-refractivity contribution < 1.29 is 9.59 Å². The number of aryl methyl sites for hydroxylation is 2. The Hall–Kier alpha value is -3.10. The molecule has 2 aliphatic rings. The Morgan fingerprint density at radius 3 is 2.52 bits per heavy atom. The number of aromatic nitrogens is 3. The average molecular weight is 398 g/mol. The number of hydrogen-bond donors (Lipinski definition) is 1. The molecule has 1 aromatic heterocycles. The van der Waals surface area contributed by atoms with Gasteiger partial charge in [-0.3, -0.25) is 9.78 Å². The van der Waals surface area contributed by atoms with Gasteiger partial charge in [-0.15, -0.1) is 5.10 Å². The number of likely N-dealkylation sites (tertiary alicyclic amines) is 2. The summed E-state index contributed by atoms with van der Waals surface area (Å²) in [4.78, 5) is 45.2. The summed E-state index contributed by atoms with van der Waals surface area (Å²) >= 11 is 0. The topological polar surface area (TPSA) is 94.5 Å². The van der Waals surface area contributed by atoms with Gasteiger partial charge in [-0.2, -0.15) is 0 Å². The third-order valence-electron chi connectivity index (χ3n) is 6.06. The SMILES string of the molecule is Cc1ccccc1[C@H]1[C@@H]2CN(C(=O)c3nn(C)c(=O)[nH]3)C[C@@H]2CN1C(=O)N(C)C. The summed E-state index contributed by atoms with van der Waals surface area (Å²) in [5, 5.41) is 3.99. The second-order valence-corrected chi connectivity index (χ2v) is 8.17. The number of urea groups is 1. The highest BCUT2D eigenvalue weighted by Crippen LogP contribution is 2.46. The molecule has 2 aliphatic heterocycles. The molecule has 154 valence electrons. The van der Waals surface area contributed by atoms with Crippen molar-refractivity contribution in [2.45, 2.75) is 13.0 Å². The fraction of sp³-hybridized carbons (Fsp3) is 0.500. The van der Waals surface area contributed by atoms with Crippen LogP contribution >= 0.6 is 0 Å². The molecule has 9 nitrogen and oxygen atoms in total. The first kappa shape index (κ1) is 19.2. The number of carbonyl (C=O) groups excluding carboxylic acids is 2. The van der Waals surface area contributed by atoms with Crippen molar-refractivity contribution in [1.29, 1.82) is 0 Å². The predicted octanol–water partition coefficient (Wildman–Crippen LogP) is 0.844. The Morgan fingerprint density at radius 2 is 1.90 bits per heavy atom. The lowest BCUT2D eigenvalue weighted by atomic mass is 9.88. The molecule has 0 saturated carbocycles. The summed E-state index contributed by atoms with van der Waals surface area (Å²) in [7, 11) is 5.03. The Kier molecular flexibility index (Phi) is 4.68. The second kappa shape index (κ2) is 7.06. The van der Waals surface area contributed by atoms with Gasteiger partial charge >= 0.3 is 11.7 Å². The number of carbonyl (C=O) groups is 2. The van der Waals surface area contributed by atoms with Crippen LogP contribution in [-0.2, 0) is 7.05 Å². The van der Waals surface area contributed by atoms with E-state index in [2.05, 4.69) is 29.1 Å². The van der Waals surface area contributed by atoms with Crippen LogP contribution in [0.3, 0.4) is 0 Å². The molecule has 1 aromatic carbocycles. The molecular formula is C20H26N6O3. The van der Waals surface area contributed by atoms with Crippen LogP contribution in [0.4, 0.5) is 4.79 Å². The molecule has 0 spiro atoms. The first-order chi connectivity index (χ1) is 13.8. The molecular weight excluding hydrogens is 372 g/mol. The smallest absolute Gasteiger partial charge is 0.335 e. The zero-order valence-electron chi connectivity index (χ0n) is 17.1. The highest BCUT2D eigenvalue weighted by Gasteiger charge is 2.51. The number of benzene rings is 1. The van der Waals surface area contributed by atoms with E-state index in [-0.39, 0.29) is 35.6 Å². The van der Waals surface area contributed by atoms with Crippen LogP contribution in [0, 0.1) is 18.8 Å². The van der Waals surface area contributed by atoms with Gasteiger partial charge in [0.1, 0.15) is 0 Å². The fourth-order valence-corrected chi connectivity index (χ4v) is 4.63. The van der Waals surface area contributed by atoms with E-state index in [1.807, 2.05) is 17.0 Å². The third-order valence-corrected chi connectivity index (χ3v) is 6.06. The van der Waals surface area contributed by atoms with Crippen LogP contribution in [0.5, 0.6) is 0 Å². The summed E-state index contributed by atoms with van der Waals surface area (Å²) in [6.07, 6.45) is 0. The molecule has 3 heterocycles. The maximum atomic E-state index is 12.9. The van der Waals surface area contributed by atoms with Crippen molar-refractivity contribution in [3.8, 4) is 0 Å². The van der Waals surface area contributed by atoms with Gasteiger partial charge < -0.3 is 14.7 Å². The van der Waals surface area contributed by atoms with E-state index in [0.29, 0.717) is 19.6 Å². The largest absolute Gasteiger partial charge is 0.343 e. The van der Waals surface area contributed by atoms with Crippen LogP contribution in [-0.4, -0.2) is 75.1 Å². The molecule has 0 aliphatic carbocycles. The van der Waals surface area contributed by atoms with Gasteiger partial charge in [0, 0.05) is 52.6 Å². The van der Waals surface area contributed by atoms with Gasteiger partial charge in [0.2, 0.25) is 5.82 Å². The molecule has 3 amide bonds. The molecule has 2 aromatic rings. The maximum Gasteiger partial charge on any atom is 0.343 e. The van der Waals surface area contributed by atoms with E-state index in [4.69, 9.17) is 0 Å². The molecule has 0 unspecified atom stereocenters. The lowest BCUT2D eigenvalue weighted by Crippen LogP contribution is -2.42. The predicted molar refractivity (Wildman–Crippen MR) is 106 cm³/mol. The lowest BCUT2D eigenvalue weighted by Gasteiger charge is -2.32. The molecule has 3 atom stereocenters. The Labute approximate surface area is 168 Å². The number of fused-ring (bicyclic) bond motifs is 1. The maximum absolute atomic E-state index is 12.9. The van der Waals surface area contributed by atoms with Gasteiger partial charge in [-0.05, 0) is 18.1 Å². The van der Waals surface area contributed by atoms with Gasteiger partial charge in [0.25, 0.3) is 5.91 Å². The molecule has 2 saturated heterocycles. The minimum atomic E-state index is -0.409. The monoisotopic (exact) mass is 398 g/mol. The number of amides is 3. The van der Waals surface area contributed by atoms with E-state index < -0.39 is 5.69 Å². The third kappa shape index (κ3) is 3.20. The average Bonchev–Trinajstić information content (AvgIpc) is 3.34. The van der Waals surface area contributed by atoms with E-state index in [1.54, 1.807) is 23.9 Å². The number of rotatable bonds is 2. The number of nitrogens with one attached hydrogen (secondary N) is 1. The standard InChI is InChI=1S/C20H26N6O3/c1-12-7-5-6-8-14(12)16-15-11-25(18(27)17-21-19(28)24(4)22-17)9-13(15)10-26(16)20(29)23(2)3/h5-8,13,15-16H,9-11H2,1-4H3,(H,21,22,28)/t13-,15-,16+/m1/s1. The van der Waals surface area contributed by atoms with E-state index >= 15 is 0 Å². The normalized spacial score (nSPS) is 23.4. The van der Waals surface area contributed by atoms with Crippen molar-refractivity contribution in [2.24, 2.45) is 18.9 Å². The minimum Gasteiger partial charge on any atom is -0.335 e. The van der Waals surface area contributed by atoms with Gasteiger partial charge in [-0.25, -0.2) is 14.3 Å². The second-order valence-electron chi connectivity index (χ2n) is 8.17. The zero-order chi connectivity index (χ0) is 20.9. The Bertz CT molecular complexity index is 1010. The highest BCUT2D eigenvalue weighted by molar-refractivity contribution is 5.90. The molecule has 0 bridgehead atoms. The van der Waals surface area contributed by atoms with E-state index in [9.17, 15) is 14.4 Å². The van der Waals surface area contributed by atoms with E-state index in [1.165, 1.54) is 7.05 Å². The lowest BCUT2D eigenvalue weighted by molar-refractivity contribution is 0.0754. The molecule has 29 heavy (non-hydrogen) atoms. The summed E-state index contributed by atoms with van der Waals surface area (Å²) in [6, 6.07) is 8.00. The molecule has 4 rings (SSSR count). The van der Waals surface area contributed by atoms with Gasteiger partial charge in [-0.1, -0.05) is 24.3 Å². The number of aromatic amines is 1.